The highest BCUT2D eigenvalue weighted by Crippen LogP contribution is 2.29. The zero-order valence-corrected chi connectivity index (χ0v) is 12.9. The predicted octanol–water partition coefficient (Wildman–Crippen LogP) is 0.806. The average molecular weight is 266 g/mol. The van der Waals surface area contributed by atoms with E-state index in [1.54, 1.807) is 0 Å². The maximum absolute atomic E-state index is 7.00. The zero-order chi connectivity index (χ0) is 13.9. The summed E-state index contributed by atoms with van der Waals surface area (Å²) in [5.74, 6) is 0. The van der Waals surface area contributed by atoms with Crippen molar-refractivity contribution in [3.8, 4) is 0 Å². The third kappa shape index (κ3) is 7.12. The van der Waals surface area contributed by atoms with E-state index in [2.05, 4.69) is 6.55 Å². The molecule has 0 aromatic carbocycles. The van der Waals surface area contributed by atoms with Gasteiger partial charge in [0.2, 0.25) is 0 Å². The normalized spacial score (nSPS) is 14.8. The fourth-order valence-electron chi connectivity index (χ4n) is 2.01. The van der Waals surface area contributed by atoms with Crippen LogP contribution in [0, 0.1) is 0 Å². The van der Waals surface area contributed by atoms with Crippen LogP contribution in [0.3, 0.4) is 0 Å². The SMILES string of the molecule is CCO[Si](C)(OCC)C(CCN)C(C)N.CO. The largest absolute Gasteiger partial charge is 0.400 e. The first-order chi connectivity index (χ1) is 8.01. The summed E-state index contributed by atoms with van der Waals surface area (Å²) in [6.07, 6.45) is 0.875. The summed E-state index contributed by atoms with van der Waals surface area (Å²) in [5, 5.41) is 7.00. The van der Waals surface area contributed by atoms with Gasteiger partial charge >= 0.3 is 8.56 Å². The van der Waals surface area contributed by atoms with Crippen LogP contribution in [0.15, 0.2) is 0 Å². The van der Waals surface area contributed by atoms with Crippen molar-refractivity contribution in [1.82, 2.24) is 0 Å². The lowest BCUT2D eigenvalue weighted by Gasteiger charge is -2.36. The van der Waals surface area contributed by atoms with Gasteiger partial charge in [0.1, 0.15) is 0 Å². The van der Waals surface area contributed by atoms with Gasteiger partial charge in [-0.05, 0) is 40.3 Å². The number of hydrogen-bond acceptors (Lipinski definition) is 5. The molecule has 0 aliphatic heterocycles. The first kappa shape index (κ1) is 19.4. The van der Waals surface area contributed by atoms with Crippen molar-refractivity contribution in [2.45, 2.75) is 45.3 Å². The van der Waals surface area contributed by atoms with E-state index in [4.69, 9.17) is 25.4 Å². The lowest BCUT2D eigenvalue weighted by Crippen LogP contribution is -2.50. The highest BCUT2D eigenvalue weighted by atomic mass is 28.4. The van der Waals surface area contributed by atoms with Crippen molar-refractivity contribution < 1.29 is 14.0 Å². The number of aliphatic hydroxyl groups excluding tert-OH is 1. The maximum Gasteiger partial charge on any atom is 0.339 e. The van der Waals surface area contributed by atoms with Gasteiger partial charge in [0, 0.05) is 31.9 Å². The lowest BCUT2D eigenvalue weighted by atomic mass is 10.2. The standard InChI is InChI=1S/C10H26N2O2Si.CH4O/c1-5-13-15(4,14-6-2)10(7-8-11)9(3)12;1-2/h9-10H,5-8,11-12H2,1-4H3;2H,1H3. The third-order valence-electron chi connectivity index (χ3n) is 2.65. The van der Waals surface area contributed by atoms with E-state index in [0.29, 0.717) is 19.8 Å². The van der Waals surface area contributed by atoms with Crippen LogP contribution in [-0.2, 0) is 8.85 Å². The molecule has 0 aliphatic rings. The Kier molecular flexibility index (Phi) is 12.7. The average Bonchev–Trinajstić information content (AvgIpc) is 2.28. The molecule has 0 saturated carbocycles. The third-order valence-corrected chi connectivity index (χ3v) is 6.53. The number of rotatable bonds is 8. The summed E-state index contributed by atoms with van der Waals surface area (Å²) < 4.78 is 11.7. The number of hydrogen-bond donors (Lipinski definition) is 3. The van der Waals surface area contributed by atoms with E-state index in [1.165, 1.54) is 0 Å². The molecule has 0 heterocycles. The summed E-state index contributed by atoms with van der Waals surface area (Å²) in [4.78, 5) is 0. The van der Waals surface area contributed by atoms with Gasteiger partial charge in [0.05, 0.1) is 0 Å². The van der Waals surface area contributed by atoms with Gasteiger partial charge in [-0.15, -0.1) is 0 Å². The van der Waals surface area contributed by atoms with Crippen LogP contribution >= 0.6 is 0 Å². The minimum atomic E-state index is -2.17. The van der Waals surface area contributed by atoms with Crippen molar-refractivity contribution >= 4 is 8.56 Å². The molecule has 5 N–H and O–H groups in total. The molecule has 0 radical (unpaired) electrons. The molecule has 2 atom stereocenters. The Hall–Kier alpha value is 0.0169. The molecule has 0 aliphatic carbocycles. The van der Waals surface area contributed by atoms with E-state index >= 15 is 0 Å². The van der Waals surface area contributed by atoms with Gasteiger partial charge in [0.15, 0.2) is 0 Å². The Morgan fingerprint density at radius 2 is 1.59 bits per heavy atom. The van der Waals surface area contributed by atoms with Gasteiger partial charge in [-0.25, -0.2) is 0 Å². The Balaban J connectivity index is 0. The molecule has 0 spiro atoms. The number of nitrogens with two attached hydrogens (primary N) is 2. The lowest BCUT2D eigenvalue weighted by molar-refractivity contribution is 0.173. The van der Waals surface area contributed by atoms with Gasteiger partial charge in [-0.1, -0.05) is 0 Å². The molecule has 0 saturated heterocycles. The second-order valence-corrected chi connectivity index (χ2v) is 7.28. The van der Waals surface area contributed by atoms with E-state index in [1.807, 2.05) is 20.8 Å². The molecule has 0 rings (SSSR count). The molecule has 106 valence electrons. The summed E-state index contributed by atoms with van der Waals surface area (Å²) >= 11 is 0. The van der Waals surface area contributed by atoms with Crippen LogP contribution < -0.4 is 11.5 Å². The zero-order valence-electron chi connectivity index (χ0n) is 11.9. The second-order valence-electron chi connectivity index (χ2n) is 3.92. The smallest absolute Gasteiger partial charge is 0.339 e. The minimum Gasteiger partial charge on any atom is -0.400 e. The minimum absolute atomic E-state index is 0.0725. The van der Waals surface area contributed by atoms with E-state index < -0.39 is 8.56 Å². The molecule has 0 fully saturated rings. The van der Waals surface area contributed by atoms with E-state index in [-0.39, 0.29) is 11.6 Å². The Labute approximate surface area is 107 Å². The van der Waals surface area contributed by atoms with E-state index in [9.17, 15) is 0 Å². The van der Waals surface area contributed by atoms with Crippen LogP contribution in [-0.4, -0.2) is 46.6 Å². The summed E-state index contributed by atoms with van der Waals surface area (Å²) in [5.41, 5.74) is 11.9. The maximum atomic E-state index is 7.00. The highest BCUT2D eigenvalue weighted by Gasteiger charge is 2.42. The summed E-state index contributed by atoms with van der Waals surface area (Å²) in [6, 6.07) is 0.0725. The molecular formula is C11H30N2O3Si. The molecule has 0 amide bonds. The summed E-state index contributed by atoms with van der Waals surface area (Å²) in [6.45, 7) is 10.1. The molecule has 2 unspecified atom stereocenters. The molecule has 17 heavy (non-hydrogen) atoms. The number of aliphatic hydroxyl groups is 1. The molecular weight excluding hydrogens is 236 g/mol. The Bertz CT molecular complexity index is 165. The van der Waals surface area contributed by atoms with Gasteiger partial charge in [-0.2, -0.15) is 0 Å². The van der Waals surface area contributed by atoms with E-state index in [0.717, 1.165) is 13.5 Å². The molecule has 6 heteroatoms. The van der Waals surface area contributed by atoms with Crippen LogP contribution in [0.1, 0.15) is 27.2 Å². The quantitative estimate of drug-likeness (QED) is 0.566. The summed E-state index contributed by atoms with van der Waals surface area (Å²) in [7, 11) is -1.17. The first-order valence-electron chi connectivity index (χ1n) is 6.20. The Morgan fingerprint density at radius 3 is 1.82 bits per heavy atom. The van der Waals surface area contributed by atoms with Crippen LogP contribution in [0.4, 0.5) is 0 Å². The fraction of sp³-hybridized carbons (Fsp3) is 1.00. The monoisotopic (exact) mass is 266 g/mol. The van der Waals surface area contributed by atoms with Gasteiger partial charge < -0.3 is 25.4 Å². The van der Waals surface area contributed by atoms with Crippen LogP contribution in [0.25, 0.3) is 0 Å². The van der Waals surface area contributed by atoms with Gasteiger partial charge in [0.25, 0.3) is 0 Å². The first-order valence-corrected chi connectivity index (χ1v) is 8.59. The Morgan fingerprint density at radius 1 is 1.18 bits per heavy atom. The van der Waals surface area contributed by atoms with Crippen molar-refractivity contribution in [1.29, 1.82) is 0 Å². The van der Waals surface area contributed by atoms with Crippen molar-refractivity contribution in [2.24, 2.45) is 11.5 Å². The van der Waals surface area contributed by atoms with Crippen LogP contribution in [0.2, 0.25) is 12.1 Å². The second kappa shape index (κ2) is 11.1. The van der Waals surface area contributed by atoms with Crippen LogP contribution in [0.5, 0.6) is 0 Å². The van der Waals surface area contributed by atoms with Crippen molar-refractivity contribution in [3.63, 3.8) is 0 Å². The highest BCUT2D eigenvalue weighted by molar-refractivity contribution is 6.67. The van der Waals surface area contributed by atoms with Crippen molar-refractivity contribution in [2.75, 3.05) is 26.9 Å². The molecule has 0 aromatic rings. The fourth-order valence-corrected chi connectivity index (χ4v) is 5.32. The molecule has 0 aromatic heterocycles. The topological polar surface area (TPSA) is 90.7 Å². The molecule has 5 nitrogen and oxygen atoms in total. The van der Waals surface area contributed by atoms with Gasteiger partial charge in [-0.3, -0.25) is 0 Å². The van der Waals surface area contributed by atoms with Crippen molar-refractivity contribution in [3.05, 3.63) is 0 Å². The predicted molar refractivity (Wildman–Crippen MR) is 74.1 cm³/mol. The molecule has 0 bridgehead atoms.